The lowest BCUT2D eigenvalue weighted by molar-refractivity contribution is -0.131. The number of aromatic nitrogens is 1. The molecule has 3 N–H and O–H groups in total. The Morgan fingerprint density at radius 1 is 1.02 bits per heavy atom. The zero-order valence-electron chi connectivity index (χ0n) is 28.2. The van der Waals surface area contributed by atoms with Gasteiger partial charge in [-0.25, -0.2) is 5.84 Å². The normalized spacial score (nSPS) is 16.5. The standard InChI is InChI=1S/C36H41N7O6/c1-36(2,3)25-9-10-27-31(19-25)49-17-14-42(34(27)45)29-7-5-6-26(28(29)21-39-47)24-18-30(35(46)40(4)22-24)43(37)32-11-8-23(20-38-32)33(44)41-12-15-48-16-13-41/h5-11,18-19,22,38H,12-17,20-21,37H2,1-4H3. The lowest BCUT2D eigenvalue weighted by atomic mass is 9.86. The average molecular weight is 668 g/mol. The van der Waals surface area contributed by atoms with Gasteiger partial charge in [0.05, 0.1) is 25.3 Å². The summed E-state index contributed by atoms with van der Waals surface area (Å²) in [6.45, 7) is 8.92. The van der Waals surface area contributed by atoms with Crippen molar-refractivity contribution in [2.45, 2.75) is 32.7 Å². The summed E-state index contributed by atoms with van der Waals surface area (Å²) >= 11 is 0. The van der Waals surface area contributed by atoms with E-state index in [2.05, 4.69) is 31.3 Å². The smallest absolute Gasteiger partial charge is 0.275 e. The molecule has 0 bridgehead atoms. The van der Waals surface area contributed by atoms with Gasteiger partial charge in [-0.3, -0.25) is 19.4 Å². The molecule has 2 amide bonds. The molecular formula is C36H41N7O6. The maximum Gasteiger partial charge on any atom is 0.275 e. The first-order valence-electron chi connectivity index (χ1n) is 16.3. The second-order valence-electron chi connectivity index (χ2n) is 13.3. The number of nitrogens with two attached hydrogens (primary N) is 1. The first-order valence-corrected chi connectivity index (χ1v) is 16.3. The van der Waals surface area contributed by atoms with Gasteiger partial charge < -0.3 is 29.2 Å². The van der Waals surface area contributed by atoms with Crippen molar-refractivity contribution in [3.05, 3.63) is 104 Å². The van der Waals surface area contributed by atoms with Gasteiger partial charge in [-0.1, -0.05) is 44.1 Å². The molecule has 0 unspecified atom stereocenters. The minimum absolute atomic E-state index is 0.0728. The van der Waals surface area contributed by atoms with Crippen LogP contribution < -0.4 is 31.4 Å². The quantitative estimate of drug-likeness (QED) is 0.219. The van der Waals surface area contributed by atoms with Crippen LogP contribution in [0.4, 0.5) is 11.4 Å². The summed E-state index contributed by atoms with van der Waals surface area (Å²) in [7, 11) is 1.62. The van der Waals surface area contributed by atoms with Crippen LogP contribution in [0.1, 0.15) is 42.3 Å². The number of hydrazine groups is 1. The number of anilines is 2. The van der Waals surface area contributed by atoms with Crippen LogP contribution in [-0.2, 0) is 28.5 Å². The number of dihydropyridines is 1. The van der Waals surface area contributed by atoms with Gasteiger partial charge in [-0.15, -0.1) is 0 Å². The van der Waals surface area contributed by atoms with Crippen molar-refractivity contribution < 1.29 is 19.1 Å². The van der Waals surface area contributed by atoms with E-state index < -0.39 is 0 Å². The molecular weight excluding hydrogens is 626 g/mol. The summed E-state index contributed by atoms with van der Waals surface area (Å²) in [4.78, 5) is 55.5. The molecule has 0 radical (unpaired) electrons. The molecule has 3 aromatic rings. The van der Waals surface area contributed by atoms with E-state index in [-0.39, 0.29) is 54.7 Å². The second kappa shape index (κ2) is 13.7. The predicted molar refractivity (Wildman–Crippen MR) is 187 cm³/mol. The van der Waals surface area contributed by atoms with Crippen LogP contribution >= 0.6 is 0 Å². The highest BCUT2D eigenvalue weighted by Gasteiger charge is 2.29. The number of nitrogens with one attached hydrogen (secondary N) is 1. The van der Waals surface area contributed by atoms with Gasteiger partial charge >= 0.3 is 0 Å². The highest BCUT2D eigenvalue weighted by molar-refractivity contribution is 6.09. The minimum atomic E-state index is -0.356. The Labute approximate surface area is 284 Å². The molecule has 0 atom stereocenters. The molecule has 13 heteroatoms. The highest BCUT2D eigenvalue weighted by Crippen LogP contribution is 2.37. The monoisotopic (exact) mass is 667 g/mol. The number of nitroso groups, excluding NO2 is 1. The molecule has 13 nitrogen and oxygen atoms in total. The Morgan fingerprint density at radius 2 is 1.80 bits per heavy atom. The lowest BCUT2D eigenvalue weighted by Gasteiger charge is -2.30. The fraction of sp³-hybridized carbons (Fsp3) is 0.361. The van der Waals surface area contributed by atoms with Gasteiger partial charge in [0, 0.05) is 55.3 Å². The van der Waals surface area contributed by atoms with Crippen molar-refractivity contribution in [1.82, 2.24) is 14.8 Å². The Morgan fingerprint density at radius 3 is 2.49 bits per heavy atom. The van der Waals surface area contributed by atoms with Gasteiger partial charge in [0.1, 0.15) is 30.4 Å². The third kappa shape index (κ3) is 6.72. The van der Waals surface area contributed by atoms with E-state index in [0.29, 0.717) is 71.4 Å². The number of amides is 2. The molecule has 256 valence electrons. The summed E-state index contributed by atoms with van der Waals surface area (Å²) in [5.41, 5.74) is 4.01. The third-order valence-corrected chi connectivity index (χ3v) is 9.03. The van der Waals surface area contributed by atoms with Crippen LogP contribution in [0.25, 0.3) is 11.1 Å². The number of allylic oxidation sites excluding steroid dienone is 2. The first-order chi connectivity index (χ1) is 23.5. The van der Waals surface area contributed by atoms with Crippen molar-refractivity contribution >= 4 is 23.2 Å². The van der Waals surface area contributed by atoms with Crippen LogP contribution in [-0.4, -0.2) is 67.3 Å². The van der Waals surface area contributed by atoms with Crippen LogP contribution in [0.3, 0.4) is 0 Å². The number of rotatable bonds is 7. The Balaban J connectivity index is 1.34. The van der Waals surface area contributed by atoms with Gasteiger partial charge in [0.2, 0.25) is 0 Å². The van der Waals surface area contributed by atoms with E-state index in [1.165, 1.54) is 9.58 Å². The molecule has 2 aromatic carbocycles. The molecule has 1 saturated heterocycles. The van der Waals surface area contributed by atoms with Crippen LogP contribution in [0.5, 0.6) is 5.75 Å². The van der Waals surface area contributed by atoms with Crippen LogP contribution in [0.2, 0.25) is 0 Å². The van der Waals surface area contributed by atoms with E-state index in [1.807, 2.05) is 18.2 Å². The second-order valence-corrected chi connectivity index (χ2v) is 13.3. The summed E-state index contributed by atoms with van der Waals surface area (Å²) < 4.78 is 12.8. The number of pyridine rings is 1. The summed E-state index contributed by atoms with van der Waals surface area (Å²) in [5, 5.41) is 7.63. The topological polar surface area (TPSA) is 152 Å². The van der Waals surface area contributed by atoms with Crippen molar-refractivity contribution in [2.75, 3.05) is 55.9 Å². The van der Waals surface area contributed by atoms with Crippen molar-refractivity contribution in [3.63, 3.8) is 0 Å². The Hall–Kier alpha value is -5.27. The predicted octanol–water partition coefficient (Wildman–Crippen LogP) is 3.57. The average Bonchev–Trinajstić information content (AvgIpc) is 3.27. The summed E-state index contributed by atoms with van der Waals surface area (Å²) in [5.74, 6) is 7.16. The molecule has 1 fully saturated rings. The summed E-state index contributed by atoms with van der Waals surface area (Å²) in [6, 6.07) is 12.7. The fourth-order valence-electron chi connectivity index (χ4n) is 6.25. The van der Waals surface area contributed by atoms with E-state index in [4.69, 9.17) is 15.3 Å². The molecule has 3 aliphatic rings. The summed E-state index contributed by atoms with van der Waals surface area (Å²) in [6.07, 6.45) is 5.03. The van der Waals surface area contributed by atoms with Crippen LogP contribution in [0.15, 0.2) is 82.2 Å². The maximum absolute atomic E-state index is 14.0. The number of aryl methyl sites for hydroxylation is 1. The largest absolute Gasteiger partial charge is 0.491 e. The number of carbonyl (C=O) groups is 2. The third-order valence-electron chi connectivity index (χ3n) is 9.03. The SMILES string of the molecule is Cn1cc(-c2cccc(N3CCOc4cc(C(C)(C)C)ccc4C3=O)c2CN=O)cc(N(N)C2=CC=C(C(=O)N3CCOCC3)CN2)c1=O. The number of ether oxygens (including phenoxy) is 2. The molecule has 0 aliphatic carbocycles. The number of benzene rings is 2. The first kappa shape index (κ1) is 33.6. The van der Waals surface area contributed by atoms with Crippen molar-refractivity contribution in [1.29, 1.82) is 0 Å². The molecule has 4 heterocycles. The number of hydrogen-bond acceptors (Lipinski definition) is 10. The Kier molecular flexibility index (Phi) is 9.39. The fourth-order valence-corrected chi connectivity index (χ4v) is 6.25. The zero-order valence-corrected chi connectivity index (χ0v) is 28.2. The number of hydrogen-bond donors (Lipinski definition) is 2. The van der Waals surface area contributed by atoms with Gasteiger partial charge in [-0.05, 0) is 53.0 Å². The van der Waals surface area contributed by atoms with Crippen molar-refractivity contribution in [2.24, 2.45) is 18.1 Å². The van der Waals surface area contributed by atoms with E-state index in [1.54, 1.807) is 59.5 Å². The number of nitrogens with zero attached hydrogens (tertiary/aromatic N) is 5. The Bertz CT molecular complexity index is 1920. The molecule has 6 rings (SSSR count). The highest BCUT2D eigenvalue weighted by atomic mass is 16.5. The van der Waals surface area contributed by atoms with Crippen LogP contribution in [0, 0.1) is 4.91 Å². The number of fused-ring (bicyclic) bond motifs is 1. The molecule has 0 saturated carbocycles. The number of morpholine rings is 1. The minimum Gasteiger partial charge on any atom is -0.491 e. The molecule has 0 spiro atoms. The van der Waals surface area contributed by atoms with Crippen molar-refractivity contribution in [3.8, 4) is 16.9 Å². The molecule has 49 heavy (non-hydrogen) atoms. The van der Waals surface area contributed by atoms with E-state index in [9.17, 15) is 19.3 Å². The maximum atomic E-state index is 14.0. The molecule has 1 aromatic heterocycles. The zero-order chi connectivity index (χ0) is 34.9. The lowest BCUT2D eigenvalue weighted by Crippen LogP contribution is -2.46. The van der Waals surface area contributed by atoms with Gasteiger partial charge in [0.15, 0.2) is 0 Å². The molecule has 3 aliphatic heterocycles. The van der Waals surface area contributed by atoms with Gasteiger partial charge in [0.25, 0.3) is 17.4 Å². The number of carbonyl (C=O) groups excluding carboxylic acids is 2. The van der Waals surface area contributed by atoms with E-state index in [0.717, 1.165) is 5.56 Å². The van der Waals surface area contributed by atoms with E-state index >= 15 is 0 Å². The van der Waals surface area contributed by atoms with Gasteiger partial charge in [-0.2, -0.15) is 4.91 Å².